The third-order valence-corrected chi connectivity index (χ3v) is 1.84. The van der Waals surface area contributed by atoms with Crippen LogP contribution in [0.3, 0.4) is 0 Å². The zero-order valence-electron chi connectivity index (χ0n) is 9.29. The van der Waals surface area contributed by atoms with Crippen molar-refractivity contribution in [3.63, 3.8) is 0 Å². The van der Waals surface area contributed by atoms with Crippen molar-refractivity contribution in [2.24, 2.45) is 0 Å². The summed E-state index contributed by atoms with van der Waals surface area (Å²) in [4.78, 5) is 0. The Labute approximate surface area is 86.5 Å². The van der Waals surface area contributed by atoms with E-state index in [-0.39, 0.29) is 6.61 Å². The van der Waals surface area contributed by atoms with Crippen molar-refractivity contribution < 1.29 is 9.84 Å². The molecular formula is C12H20O2. The van der Waals surface area contributed by atoms with Crippen LogP contribution in [0.2, 0.25) is 0 Å². The number of aryl methyl sites for hydroxylation is 1. The van der Waals surface area contributed by atoms with Crippen LogP contribution in [0.1, 0.15) is 25.0 Å². The molecule has 14 heavy (non-hydrogen) atoms. The quantitative estimate of drug-likeness (QED) is 0.805. The van der Waals surface area contributed by atoms with Crippen LogP contribution in [-0.2, 0) is 11.3 Å². The van der Waals surface area contributed by atoms with Gasteiger partial charge in [0.2, 0.25) is 0 Å². The molecule has 0 fully saturated rings. The summed E-state index contributed by atoms with van der Waals surface area (Å²) in [6.07, 6.45) is 0. The van der Waals surface area contributed by atoms with Gasteiger partial charge >= 0.3 is 0 Å². The molecule has 0 atom stereocenters. The molecule has 1 rings (SSSR count). The molecule has 2 heteroatoms. The number of hydrogen-bond acceptors (Lipinski definition) is 2. The molecule has 0 bridgehead atoms. The molecule has 0 amide bonds. The predicted octanol–water partition coefficient (Wildman–Crippen LogP) is 2.53. The Kier molecular flexibility index (Phi) is 8.19. The molecule has 0 spiro atoms. The molecule has 0 aliphatic rings. The van der Waals surface area contributed by atoms with Crippen molar-refractivity contribution in [1.82, 2.24) is 0 Å². The largest absolute Gasteiger partial charge is 0.392 e. The van der Waals surface area contributed by atoms with Gasteiger partial charge < -0.3 is 9.84 Å². The second-order valence-corrected chi connectivity index (χ2v) is 2.87. The zero-order chi connectivity index (χ0) is 10.8. The summed E-state index contributed by atoms with van der Waals surface area (Å²) in [5, 5.41) is 8.72. The summed E-state index contributed by atoms with van der Waals surface area (Å²) in [7, 11) is 0. The fourth-order valence-corrected chi connectivity index (χ4v) is 0.992. The molecule has 0 saturated carbocycles. The smallest absolute Gasteiger partial charge is 0.0684 e. The van der Waals surface area contributed by atoms with Gasteiger partial charge in [-0.05, 0) is 31.9 Å². The minimum atomic E-state index is 0.146. The van der Waals surface area contributed by atoms with E-state index < -0.39 is 0 Å². The molecule has 0 radical (unpaired) electrons. The van der Waals surface area contributed by atoms with Gasteiger partial charge in [0.05, 0.1) is 6.61 Å². The number of rotatable bonds is 3. The lowest BCUT2D eigenvalue weighted by Gasteiger charge is -1.97. The lowest BCUT2D eigenvalue weighted by atomic mass is 10.1. The monoisotopic (exact) mass is 196 g/mol. The lowest BCUT2D eigenvalue weighted by Crippen LogP contribution is -1.85. The second kappa shape index (κ2) is 8.73. The first-order valence-corrected chi connectivity index (χ1v) is 4.99. The van der Waals surface area contributed by atoms with E-state index >= 15 is 0 Å². The first kappa shape index (κ1) is 13.1. The second-order valence-electron chi connectivity index (χ2n) is 2.87. The third-order valence-electron chi connectivity index (χ3n) is 1.84. The van der Waals surface area contributed by atoms with Gasteiger partial charge in [0.25, 0.3) is 0 Å². The highest BCUT2D eigenvalue weighted by atomic mass is 16.5. The highest BCUT2D eigenvalue weighted by Crippen LogP contribution is 2.05. The lowest BCUT2D eigenvalue weighted by molar-refractivity contribution is 0.162. The van der Waals surface area contributed by atoms with Crippen LogP contribution < -0.4 is 0 Å². The summed E-state index contributed by atoms with van der Waals surface area (Å²) in [5.74, 6) is 0. The van der Waals surface area contributed by atoms with E-state index in [1.54, 1.807) is 0 Å². The number of ether oxygens (including phenoxy) is 1. The average molecular weight is 196 g/mol. The molecule has 1 N–H and O–H groups in total. The van der Waals surface area contributed by atoms with Gasteiger partial charge in [0, 0.05) is 13.2 Å². The van der Waals surface area contributed by atoms with Gasteiger partial charge in [-0.3, -0.25) is 0 Å². The Bertz CT molecular complexity index is 232. The molecule has 0 aliphatic heterocycles. The molecule has 0 aliphatic carbocycles. The van der Waals surface area contributed by atoms with Crippen LogP contribution >= 0.6 is 0 Å². The minimum absolute atomic E-state index is 0.146. The Balaban J connectivity index is 0.000000292. The van der Waals surface area contributed by atoms with E-state index in [1.807, 2.05) is 45.0 Å². The molecule has 80 valence electrons. The Hall–Kier alpha value is -0.860. The van der Waals surface area contributed by atoms with Crippen molar-refractivity contribution in [3.05, 3.63) is 35.4 Å². The van der Waals surface area contributed by atoms with Crippen LogP contribution in [0.4, 0.5) is 0 Å². The first-order chi connectivity index (χ1) is 6.76. The average Bonchev–Trinajstić information content (AvgIpc) is 2.21. The third kappa shape index (κ3) is 5.73. The molecule has 0 aromatic heterocycles. The highest BCUT2D eigenvalue weighted by Gasteiger charge is 1.90. The van der Waals surface area contributed by atoms with E-state index in [0.29, 0.717) is 0 Å². The molecule has 0 saturated heterocycles. The Morgan fingerprint density at radius 1 is 1.14 bits per heavy atom. The molecule has 1 aromatic carbocycles. The summed E-state index contributed by atoms with van der Waals surface area (Å²) in [6, 6.07) is 7.81. The topological polar surface area (TPSA) is 29.5 Å². The van der Waals surface area contributed by atoms with Crippen molar-refractivity contribution in [3.8, 4) is 0 Å². The van der Waals surface area contributed by atoms with Gasteiger partial charge in [-0.2, -0.15) is 0 Å². The van der Waals surface area contributed by atoms with Crippen molar-refractivity contribution >= 4 is 0 Å². The van der Waals surface area contributed by atoms with Crippen LogP contribution in [-0.4, -0.2) is 18.3 Å². The minimum Gasteiger partial charge on any atom is -0.392 e. The van der Waals surface area contributed by atoms with Gasteiger partial charge in [0.1, 0.15) is 0 Å². The van der Waals surface area contributed by atoms with Crippen molar-refractivity contribution in [2.75, 3.05) is 13.2 Å². The van der Waals surface area contributed by atoms with E-state index in [9.17, 15) is 0 Å². The maximum Gasteiger partial charge on any atom is 0.0684 e. The van der Waals surface area contributed by atoms with Gasteiger partial charge in [-0.15, -0.1) is 0 Å². The molecule has 0 unspecified atom stereocenters. The maximum absolute atomic E-state index is 8.72. The molecule has 0 heterocycles. The van der Waals surface area contributed by atoms with Crippen molar-refractivity contribution in [2.45, 2.75) is 27.4 Å². The van der Waals surface area contributed by atoms with Gasteiger partial charge in [-0.25, -0.2) is 0 Å². The van der Waals surface area contributed by atoms with E-state index in [2.05, 4.69) is 0 Å². The van der Waals surface area contributed by atoms with Crippen LogP contribution in [0.5, 0.6) is 0 Å². The van der Waals surface area contributed by atoms with Crippen LogP contribution in [0.25, 0.3) is 0 Å². The molecule has 2 nitrogen and oxygen atoms in total. The van der Waals surface area contributed by atoms with Crippen LogP contribution in [0, 0.1) is 6.92 Å². The number of benzene rings is 1. The van der Waals surface area contributed by atoms with Gasteiger partial charge in [-0.1, -0.05) is 24.3 Å². The SMILES string of the molecule is CCOCC.Cc1ccccc1CO. The molecule has 1 aromatic rings. The standard InChI is InChI=1S/C8H10O.C4H10O/c1-7-4-2-3-5-8(7)6-9;1-3-5-4-2/h2-5,9H,6H2,1H3;3-4H2,1-2H3. The summed E-state index contributed by atoms with van der Waals surface area (Å²) < 4.78 is 4.83. The van der Waals surface area contributed by atoms with E-state index in [1.165, 1.54) is 0 Å². The normalized spacial score (nSPS) is 9.14. The highest BCUT2D eigenvalue weighted by molar-refractivity contribution is 5.24. The maximum atomic E-state index is 8.72. The summed E-state index contributed by atoms with van der Waals surface area (Å²) >= 11 is 0. The number of aliphatic hydroxyl groups is 1. The predicted molar refractivity (Wildman–Crippen MR) is 59.3 cm³/mol. The van der Waals surface area contributed by atoms with E-state index in [4.69, 9.17) is 9.84 Å². The van der Waals surface area contributed by atoms with Crippen LogP contribution in [0.15, 0.2) is 24.3 Å². The number of hydrogen-bond donors (Lipinski definition) is 1. The Morgan fingerprint density at radius 2 is 1.71 bits per heavy atom. The fraction of sp³-hybridized carbons (Fsp3) is 0.500. The van der Waals surface area contributed by atoms with Crippen molar-refractivity contribution in [1.29, 1.82) is 0 Å². The van der Waals surface area contributed by atoms with Gasteiger partial charge in [0.15, 0.2) is 0 Å². The summed E-state index contributed by atoms with van der Waals surface area (Å²) in [5.41, 5.74) is 2.16. The summed E-state index contributed by atoms with van der Waals surface area (Å²) in [6.45, 7) is 7.80. The first-order valence-electron chi connectivity index (χ1n) is 4.99. The number of aliphatic hydroxyl groups excluding tert-OH is 1. The molecular weight excluding hydrogens is 176 g/mol. The van der Waals surface area contributed by atoms with E-state index in [0.717, 1.165) is 24.3 Å². The zero-order valence-corrected chi connectivity index (χ0v) is 9.29. The fourth-order valence-electron chi connectivity index (χ4n) is 0.992. The Morgan fingerprint density at radius 3 is 2.00 bits per heavy atom.